The quantitative estimate of drug-likeness (QED) is 0.155. The minimum atomic E-state index is -1.37. The van der Waals surface area contributed by atoms with Crippen LogP contribution in [0.25, 0.3) is 0 Å². The number of aromatic nitrogens is 1. The number of likely N-dealkylation sites (N-methyl/N-ethyl adjacent to an activating group) is 1. The van der Waals surface area contributed by atoms with E-state index in [-0.39, 0.29) is 58.0 Å². The molecular weight excluding hydrogens is 559 g/mol. The zero-order chi connectivity index (χ0) is 23.0. The molecule has 2 saturated heterocycles. The lowest BCUT2D eigenvalue weighted by Gasteiger charge is -2.51. The molecule has 0 aliphatic carbocycles. The summed E-state index contributed by atoms with van der Waals surface area (Å²) in [6.07, 6.45) is 2.21. The first kappa shape index (κ1) is 33.9. The Hall–Kier alpha value is -2.14. The second-order valence-corrected chi connectivity index (χ2v) is 10.2. The number of likely N-dealkylation sites (tertiary alicyclic amines) is 1. The maximum atomic E-state index is 12.9. The Balaban J connectivity index is 0.00000306. The van der Waals surface area contributed by atoms with Crippen LogP contribution in [0.1, 0.15) is 18.5 Å². The summed E-state index contributed by atoms with van der Waals surface area (Å²) in [6.45, 7) is 2.53. The third kappa shape index (κ3) is 6.40. The number of fused-ring (bicyclic) bond motifs is 1. The third-order valence-electron chi connectivity index (χ3n) is 5.91. The fourth-order valence-corrected chi connectivity index (χ4v) is 6.30. The average Bonchev–Trinajstić information content (AvgIpc) is 3.37. The number of nitrogens with one attached hydrogen (secondary N) is 1. The van der Waals surface area contributed by atoms with E-state index in [1.807, 2.05) is 0 Å². The van der Waals surface area contributed by atoms with Gasteiger partial charge in [0.1, 0.15) is 30.8 Å². The minimum absolute atomic E-state index is 0. The van der Waals surface area contributed by atoms with Crippen molar-refractivity contribution >= 4 is 76.5 Å². The molecule has 1 aromatic rings. The number of anilines is 1. The van der Waals surface area contributed by atoms with Crippen molar-refractivity contribution in [2.45, 2.75) is 24.3 Å². The van der Waals surface area contributed by atoms with Crippen molar-refractivity contribution in [3.05, 3.63) is 22.3 Å². The van der Waals surface area contributed by atoms with Gasteiger partial charge in [0.15, 0.2) is 10.8 Å². The van der Waals surface area contributed by atoms with E-state index < -0.39 is 29.2 Å². The molecule has 36 heavy (non-hydrogen) atoms. The number of nitrogens with zero attached hydrogens (tertiary/aromatic N) is 4. The summed E-state index contributed by atoms with van der Waals surface area (Å²) >= 11 is 2.57. The molecule has 2 fully saturated rings. The van der Waals surface area contributed by atoms with Gasteiger partial charge in [0.25, 0.3) is 11.8 Å². The van der Waals surface area contributed by atoms with Crippen LogP contribution in [0, 0.1) is 0 Å². The zero-order valence-electron chi connectivity index (χ0n) is 19.5. The predicted octanol–water partition coefficient (Wildman–Crippen LogP) is -2.09. The monoisotopic (exact) mass is 588 g/mol. The molecule has 3 aliphatic rings. The van der Waals surface area contributed by atoms with Crippen LogP contribution in [-0.2, 0) is 19.2 Å². The predicted molar refractivity (Wildman–Crippen MR) is 139 cm³/mol. The van der Waals surface area contributed by atoms with Crippen molar-refractivity contribution < 1.29 is 39.8 Å². The second-order valence-electron chi connectivity index (χ2n) is 8.23. The number of aliphatic carboxylic acids is 1. The molecule has 7 N–H and O–H groups in total. The van der Waals surface area contributed by atoms with E-state index in [9.17, 15) is 19.5 Å². The highest BCUT2D eigenvalue weighted by atomic mass is 35.5. The highest BCUT2D eigenvalue weighted by molar-refractivity contribution is 8.00. The van der Waals surface area contributed by atoms with Gasteiger partial charge in [-0.3, -0.25) is 14.5 Å². The number of amides is 2. The summed E-state index contributed by atoms with van der Waals surface area (Å²) in [5.74, 6) is -2.06. The molecule has 0 aromatic carbocycles. The number of quaternary nitrogens is 1. The Labute approximate surface area is 228 Å². The van der Waals surface area contributed by atoms with E-state index in [1.165, 1.54) is 23.8 Å². The summed E-state index contributed by atoms with van der Waals surface area (Å²) in [4.78, 5) is 47.7. The van der Waals surface area contributed by atoms with E-state index in [2.05, 4.69) is 22.5 Å². The lowest BCUT2D eigenvalue weighted by Crippen LogP contribution is -2.71. The summed E-state index contributed by atoms with van der Waals surface area (Å²) in [6, 6.07) is -0.891. The SMILES string of the molecule is CO/N=C(\C(=O)N[C@@H]1C(=O)N2C(C(=O)[O-])=C(C[N+]3(C)CCCC3)CS[C@H]12)c1csc(N)n1.Cl.Cl.O.O. The molecule has 3 aliphatic heterocycles. The molecule has 13 nitrogen and oxygen atoms in total. The second kappa shape index (κ2) is 13.4. The number of rotatable bonds is 7. The van der Waals surface area contributed by atoms with Gasteiger partial charge in [0.2, 0.25) is 0 Å². The first-order valence-corrected chi connectivity index (χ1v) is 12.0. The van der Waals surface area contributed by atoms with Crippen LogP contribution in [-0.4, -0.2) is 99.8 Å². The number of β-lactam (4-membered cyclic amide) rings is 1. The lowest BCUT2D eigenvalue weighted by atomic mass is 10.0. The molecule has 2 atom stereocenters. The number of carbonyl (C=O) groups is 3. The topological polar surface area (TPSA) is 213 Å². The number of carbonyl (C=O) groups excluding carboxylic acids is 3. The molecule has 4 rings (SSSR count). The minimum Gasteiger partial charge on any atom is -0.543 e. The smallest absolute Gasteiger partial charge is 0.276 e. The van der Waals surface area contributed by atoms with Gasteiger partial charge in [-0.05, 0) is 0 Å². The number of nitrogen functional groups attached to an aromatic ring is 1. The molecule has 0 saturated carbocycles. The normalized spacial score (nSPS) is 22.0. The Morgan fingerprint density at radius 2 is 1.97 bits per heavy atom. The van der Waals surface area contributed by atoms with E-state index in [4.69, 9.17) is 10.6 Å². The van der Waals surface area contributed by atoms with Crippen LogP contribution in [0.2, 0.25) is 0 Å². The van der Waals surface area contributed by atoms with Gasteiger partial charge < -0.3 is 41.2 Å². The average molecular weight is 590 g/mol. The molecule has 0 radical (unpaired) electrons. The number of thioether (sulfide) groups is 1. The number of oxime groups is 1. The van der Waals surface area contributed by atoms with Crippen LogP contribution in [0.4, 0.5) is 5.13 Å². The first-order valence-electron chi connectivity index (χ1n) is 10.1. The molecule has 0 bridgehead atoms. The van der Waals surface area contributed by atoms with Gasteiger partial charge in [0, 0.05) is 29.5 Å². The first-order chi connectivity index (χ1) is 15.2. The number of carboxylic acids is 1. The number of halogens is 2. The van der Waals surface area contributed by atoms with Crippen LogP contribution < -0.4 is 16.2 Å². The van der Waals surface area contributed by atoms with Gasteiger partial charge >= 0.3 is 0 Å². The van der Waals surface area contributed by atoms with Crippen molar-refractivity contribution in [3.8, 4) is 0 Å². The number of thiazole rings is 1. The Morgan fingerprint density at radius 3 is 2.50 bits per heavy atom. The maximum Gasteiger partial charge on any atom is 0.276 e. The van der Waals surface area contributed by atoms with E-state index in [0.717, 1.165) is 41.8 Å². The Bertz CT molecular complexity index is 1030. The van der Waals surface area contributed by atoms with Gasteiger partial charge in [-0.2, -0.15) is 0 Å². The zero-order valence-corrected chi connectivity index (χ0v) is 22.8. The van der Waals surface area contributed by atoms with E-state index in [0.29, 0.717) is 17.9 Å². The van der Waals surface area contributed by atoms with E-state index >= 15 is 0 Å². The van der Waals surface area contributed by atoms with Crippen molar-refractivity contribution in [3.63, 3.8) is 0 Å². The molecule has 204 valence electrons. The van der Waals surface area contributed by atoms with Crippen molar-refractivity contribution in [2.75, 3.05) is 45.3 Å². The maximum absolute atomic E-state index is 12.9. The Kier molecular flexibility index (Phi) is 12.6. The fourth-order valence-electron chi connectivity index (χ4n) is 4.41. The van der Waals surface area contributed by atoms with Crippen LogP contribution in [0.5, 0.6) is 0 Å². The number of nitrogens with two attached hydrogens (primary N) is 1. The summed E-state index contributed by atoms with van der Waals surface area (Å²) in [5.41, 5.74) is 6.39. The van der Waals surface area contributed by atoms with Crippen molar-refractivity contribution in [1.82, 2.24) is 15.2 Å². The number of hydrogen-bond acceptors (Lipinski definition) is 10. The van der Waals surface area contributed by atoms with Crippen LogP contribution in [0.15, 0.2) is 21.8 Å². The van der Waals surface area contributed by atoms with Gasteiger partial charge in [-0.1, -0.05) is 5.16 Å². The highest BCUT2D eigenvalue weighted by Gasteiger charge is 2.53. The third-order valence-corrected chi connectivity index (χ3v) is 7.92. The summed E-state index contributed by atoms with van der Waals surface area (Å²) in [5, 5.41) is 19.6. The molecule has 17 heteroatoms. The molecule has 0 unspecified atom stereocenters. The molecule has 1 aromatic heterocycles. The lowest BCUT2D eigenvalue weighted by molar-refractivity contribution is -0.893. The van der Waals surface area contributed by atoms with Crippen molar-refractivity contribution in [1.29, 1.82) is 0 Å². The van der Waals surface area contributed by atoms with Gasteiger partial charge in [-0.25, -0.2) is 4.98 Å². The molecule has 2 amide bonds. The standard InChI is InChI=1S/C19H24N6O5S2.2ClH.2H2O/c1-25(5-3-4-6-25)7-10-8-31-17-13(16(27)24(17)14(10)18(28)29)22-15(26)12(23-30-2)11-9-32-19(20)21-11;;;;/h9,13,17H,3-8H2,1-2H3,(H3-,20,21,22,26,28,29);2*1H;2*1H2/b23-12-;;;;/t13-,17-;;;;/m1..../s1. The Morgan fingerprint density at radius 1 is 1.33 bits per heavy atom. The fraction of sp³-hybridized carbons (Fsp3) is 0.526. The van der Waals surface area contributed by atoms with Crippen molar-refractivity contribution in [2.24, 2.45) is 5.16 Å². The van der Waals surface area contributed by atoms with Gasteiger partial charge in [-0.15, -0.1) is 47.9 Å². The summed E-state index contributed by atoms with van der Waals surface area (Å²) in [7, 11) is 3.39. The summed E-state index contributed by atoms with van der Waals surface area (Å²) < 4.78 is 0.757. The van der Waals surface area contributed by atoms with Crippen LogP contribution in [0.3, 0.4) is 0 Å². The molecule has 0 spiro atoms. The molecule has 4 heterocycles. The number of carboxylic acid groups (broad SMARTS) is 1. The van der Waals surface area contributed by atoms with Crippen LogP contribution >= 0.6 is 47.9 Å². The molecular formula is C19H30Cl2N6O7S2. The number of hydrogen-bond donors (Lipinski definition) is 2. The van der Waals surface area contributed by atoms with Gasteiger partial charge in [0.05, 0.1) is 31.8 Å². The van der Waals surface area contributed by atoms with E-state index in [1.54, 1.807) is 5.38 Å². The highest BCUT2D eigenvalue weighted by Crippen LogP contribution is 2.41. The largest absolute Gasteiger partial charge is 0.543 e.